The molecule has 1 aliphatic heterocycles. The van der Waals surface area contributed by atoms with Crippen LogP contribution in [0, 0.1) is 0 Å². The maximum atomic E-state index is 12.7. The topological polar surface area (TPSA) is 72.9 Å². The lowest BCUT2D eigenvalue weighted by Crippen LogP contribution is -2.56. The molecule has 1 amide bonds. The number of carbonyl (C=O) groups is 1. The van der Waals surface area contributed by atoms with Gasteiger partial charge in [-0.1, -0.05) is 18.2 Å². The van der Waals surface area contributed by atoms with E-state index < -0.39 is 15.1 Å². The molecule has 154 valence electrons. The Morgan fingerprint density at radius 1 is 0.833 bits per heavy atom. The monoisotopic (exact) mass is 423 g/mol. The van der Waals surface area contributed by atoms with Crippen LogP contribution >= 0.6 is 0 Å². The largest absolute Gasteiger partial charge is 0.497 e. The molecule has 0 radical (unpaired) electrons. The third kappa shape index (κ3) is 4.02. The molecule has 7 heteroatoms. The van der Waals surface area contributed by atoms with Gasteiger partial charge in [-0.3, -0.25) is 4.79 Å². The van der Waals surface area contributed by atoms with Gasteiger partial charge in [-0.05, 0) is 60.7 Å². The summed E-state index contributed by atoms with van der Waals surface area (Å²) >= 11 is 0. The van der Waals surface area contributed by atoms with Crippen molar-refractivity contribution in [2.45, 2.75) is 10.1 Å². The number of ether oxygens (including phenoxy) is 2. The first-order valence-corrected chi connectivity index (χ1v) is 11.0. The Morgan fingerprint density at radius 2 is 1.40 bits per heavy atom. The Kier molecular flexibility index (Phi) is 5.46. The van der Waals surface area contributed by atoms with Crippen molar-refractivity contribution in [1.82, 2.24) is 4.90 Å². The molecule has 1 aliphatic rings. The van der Waals surface area contributed by atoms with Crippen molar-refractivity contribution in [2.75, 3.05) is 20.2 Å². The number of benzene rings is 3. The van der Waals surface area contributed by atoms with Crippen molar-refractivity contribution in [1.29, 1.82) is 0 Å². The Labute approximate surface area is 175 Å². The average Bonchev–Trinajstić information content (AvgIpc) is 2.74. The third-order valence-electron chi connectivity index (χ3n) is 5.04. The summed E-state index contributed by atoms with van der Waals surface area (Å²) in [4.78, 5) is 14.4. The molecule has 6 nitrogen and oxygen atoms in total. The van der Waals surface area contributed by atoms with Crippen LogP contribution in [0.3, 0.4) is 0 Å². The van der Waals surface area contributed by atoms with Crippen molar-refractivity contribution in [2.24, 2.45) is 0 Å². The quantitative estimate of drug-likeness (QED) is 0.603. The van der Waals surface area contributed by atoms with Gasteiger partial charge in [-0.2, -0.15) is 0 Å². The van der Waals surface area contributed by atoms with Crippen LogP contribution in [-0.2, 0) is 9.84 Å². The zero-order valence-electron chi connectivity index (χ0n) is 16.4. The first-order valence-electron chi connectivity index (χ1n) is 9.47. The number of amides is 1. The number of para-hydroxylation sites is 1. The van der Waals surface area contributed by atoms with Crippen molar-refractivity contribution in [3.05, 3.63) is 84.4 Å². The number of hydrogen-bond donors (Lipinski definition) is 0. The highest BCUT2D eigenvalue weighted by Crippen LogP contribution is 2.27. The number of carbonyl (C=O) groups excluding carboxylic acids is 1. The van der Waals surface area contributed by atoms with Crippen LogP contribution in [0.15, 0.2) is 83.8 Å². The zero-order chi connectivity index (χ0) is 21.1. The molecule has 0 N–H and O–H groups in total. The fraction of sp³-hybridized carbons (Fsp3) is 0.174. The molecule has 0 unspecified atom stereocenters. The summed E-state index contributed by atoms with van der Waals surface area (Å²) in [5, 5.41) is -0.601. The van der Waals surface area contributed by atoms with Crippen molar-refractivity contribution >= 4 is 15.7 Å². The van der Waals surface area contributed by atoms with Gasteiger partial charge in [0.25, 0.3) is 5.91 Å². The molecular formula is C23H21NO5S. The minimum absolute atomic E-state index is 0.176. The molecule has 0 bridgehead atoms. The first-order chi connectivity index (χ1) is 14.5. The predicted molar refractivity (Wildman–Crippen MR) is 113 cm³/mol. The van der Waals surface area contributed by atoms with Crippen LogP contribution in [0.1, 0.15) is 10.4 Å². The molecule has 4 rings (SSSR count). The van der Waals surface area contributed by atoms with Gasteiger partial charge in [0.05, 0.1) is 12.0 Å². The van der Waals surface area contributed by atoms with E-state index in [4.69, 9.17) is 9.47 Å². The van der Waals surface area contributed by atoms with Crippen LogP contribution in [0.4, 0.5) is 0 Å². The van der Waals surface area contributed by atoms with E-state index in [9.17, 15) is 13.2 Å². The van der Waals surface area contributed by atoms with Gasteiger partial charge >= 0.3 is 0 Å². The van der Waals surface area contributed by atoms with E-state index in [-0.39, 0.29) is 23.9 Å². The van der Waals surface area contributed by atoms with Gasteiger partial charge < -0.3 is 14.4 Å². The summed E-state index contributed by atoms with van der Waals surface area (Å²) < 4.78 is 36.3. The van der Waals surface area contributed by atoms with Gasteiger partial charge in [0.2, 0.25) is 0 Å². The normalized spacial score (nSPS) is 14.1. The maximum absolute atomic E-state index is 12.7. The van der Waals surface area contributed by atoms with Crippen molar-refractivity contribution < 1.29 is 22.7 Å². The van der Waals surface area contributed by atoms with Gasteiger partial charge in [0.1, 0.15) is 22.5 Å². The van der Waals surface area contributed by atoms with E-state index in [1.165, 1.54) is 19.2 Å². The molecule has 1 heterocycles. The SMILES string of the molecule is COc1ccc(S(=O)(=O)C2CN(C(=O)c3ccc(Oc4ccccc4)cc3)C2)cc1. The summed E-state index contributed by atoms with van der Waals surface area (Å²) in [5.41, 5.74) is 0.496. The van der Waals surface area contributed by atoms with Crippen LogP contribution in [0.25, 0.3) is 0 Å². The molecule has 1 saturated heterocycles. The number of hydrogen-bond acceptors (Lipinski definition) is 5. The van der Waals surface area contributed by atoms with Gasteiger partial charge in [-0.25, -0.2) is 8.42 Å². The average molecular weight is 423 g/mol. The molecule has 0 aliphatic carbocycles. The molecule has 3 aromatic rings. The summed E-state index contributed by atoms with van der Waals surface area (Å²) in [6.07, 6.45) is 0. The molecule has 0 aromatic heterocycles. The standard InChI is InChI=1S/C23H21NO5S/c1-28-18-11-13-21(14-12-18)30(26,27)22-15-24(16-22)23(25)17-7-9-20(10-8-17)29-19-5-3-2-4-6-19/h2-14,22H,15-16H2,1H3. The van der Waals surface area contributed by atoms with Crippen LogP contribution < -0.4 is 9.47 Å². The lowest BCUT2D eigenvalue weighted by Gasteiger charge is -2.38. The highest BCUT2D eigenvalue weighted by Gasteiger charge is 2.40. The van der Waals surface area contributed by atoms with Crippen molar-refractivity contribution in [3.63, 3.8) is 0 Å². The third-order valence-corrected chi connectivity index (χ3v) is 7.15. The Hall–Kier alpha value is -3.32. The number of likely N-dealkylation sites (tertiary alicyclic amines) is 1. The second kappa shape index (κ2) is 8.20. The lowest BCUT2D eigenvalue weighted by molar-refractivity contribution is 0.0659. The van der Waals surface area contributed by atoms with E-state index in [0.717, 1.165) is 0 Å². The molecule has 1 fully saturated rings. The minimum Gasteiger partial charge on any atom is -0.497 e. The van der Waals surface area contributed by atoms with Crippen LogP contribution in [-0.4, -0.2) is 44.7 Å². The Bertz CT molecular complexity index is 1120. The summed E-state index contributed by atoms with van der Waals surface area (Å²) in [6.45, 7) is 0.352. The van der Waals surface area contributed by atoms with E-state index in [2.05, 4.69) is 0 Å². The summed E-state index contributed by atoms with van der Waals surface area (Å²) in [6, 6.07) is 22.5. The second-order valence-electron chi connectivity index (χ2n) is 6.99. The zero-order valence-corrected chi connectivity index (χ0v) is 17.2. The number of nitrogens with zero attached hydrogens (tertiary/aromatic N) is 1. The fourth-order valence-electron chi connectivity index (χ4n) is 3.23. The van der Waals surface area contributed by atoms with E-state index >= 15 is 0 Å². The number of rotatable bonds is 6. The highest BCUT2D eigenvalue weighted by molar-refractivity contribution is 7.92. The smallest absolute Gasteiger partial charge is 0.253 e. The van der Waals surface area contributed by atoms with E-state index in [1.807, 2.05) is 30.3 Å². The Morgan fingerprint density at radius 3 is 2.00 bits per heavy atom. The molecule has 0 spiro atoms. The molecule has 0 atom stereocenters. The molecular weight excluding hydrogens is 402 g/mol. The van der Waals surface area contributed by atoms with Crippen molar-refractivity contribution in [3.8, 4) is 17.2 Å². The van der Waals surface area contributed by atoms with Gasteiger partial charge in [-0.15, -0.1) is 0 Å². The fourth-order valence-corrected chi connectivity index (χ4v) is 4.88. The highest BCUT2D eigenvalue weighted by atomic mass is 32.2. The molecule has 30 heavy (non-hydrogen) atoms. The maximum Gasteiger partial charge on any atom is 0.253 e. The van der Waals surface area contributed by atoms with E-state index in [0.29, 0.717) is 22.8 Å². The summed E-state index contributed by atoms with van der Waals surface area (Å²) in [5.74, 6) is 1.74. The number of methoxy groups -OCH3 is 1. The summed E-state index contributed by atoms with van der Waals surface area (Å²) in [7, 11) is -1.96. The Balaban J connectivity index is 1.37. The van der Waals surface area contributed by atoms with Crippen LogP contribution in [0.5, 0.6) is 17.2 Å². The van der Waals surface area contributed by atoms with Gasteiger partial charge in [0.15, 0.2) is 9.84 Å². The number of sulfone groups is 1. The first kappa shape index (κ1) is 20.0. The predicted octanol–water partition coefficient (Wildman–Crippen LogP) is 3.79. The van der Waals surface area contributed by atoms with E-state index in [1.54, 1.807) is 41.3 Å². The molecule has 0 saturated carbocycles. The molecule has 3 aromatic carbocycles. The lowest BCUT2D eigenvalue weighted by atomic mass is 10.1. The van der Waals surface area contributed by atoms with Crippen LogP contribution in [0.2, 0.25) is 0 Å². The van der Waals surface area contributed by atoms with Gasteiger partial charge in [0, 0.05) is 18.7 Å². The second-order valence-corrected chi connectivity index (χ2v) is 9.22. The minimum atomic E-state index is -3.49.